The minimum atomic E-state index is -0.237. The van der Waals surface area contributed by atoms with Gasteiger partial charge in [-0.25, -0.2) is 0 Å². The average Bonchev–Trinajstić information content (AvgIpc) is 2.94. The van der Waals surface area contributed by atoms with Gasteiger partial charge in [-0.1, -0.05) is 83.2 Å². The topological polar surface area (TPSA) is 34.1 Å². The Morgan fingerprint density at radius 2 is 1.50 bits per heavy atom. The van der Waals surface area contributed by atoms with Crippen molar-refractivity contribution < 1.29 is 9.59 Å². The first kappa shape index (κ1) is 20.6. The summed E-state index contributed by atoms with van der Waals surface area (Å²) in [6.45, 7) is 6.51. The lowest BCUT2D eigenvalue weighted by Crippen LogP contribution is -2.26. The summed E-state index contributed by atoms with van der Waals surface area (Å²) < 4.78 is 0. The number of Topliss-reactive ketones (excluding diaryl/α,β-unsaturated/α-hetero) is 2. The Balaban J connectivity index is 2.52. The van der Waals surface area contributed by atoms with Crippen molar-refractivity contribution in [1.29, 1.82) is 0 Å². The van der Waals surface area contributed by atoms with Crippen molar-refractivity contribution in [2.24, 2.45) is 5.41 Å². The van der Waals surface area contributed by atoms with Crippen LogP contribution >= 0.6 is 0 Å². The third-order valence-electron chi connectivity index (χ3n) is 5.73. The van der Waals surface area contributed by atoms with Gasteiger partial charge in [0, 0.05) is 28.5 Å². The number of carbonyl (C=O) groups is 2. The fourth-order valence-corrected chi connectivity index (χ4v) is 4.27. The van der Waals surface area contributed by atoms with Gasteiger partial charge in [-0.05, 0) is 25.7 Å². The van der Waals surface area contributed by atoms with Gasteiger partial charge in [0.25, 0.3) is 0 Å². The molecular weight excluding hydrogens is 320 g/mol. The zero-order valence-corrected chi connectivity index (χ0v) is 16.8. The Morgan fingerprint density at radius 1 is 0.923 bits per heavy atom. The van der Waals surface area contributed by atoms with Crippen molar-refractivity contribution in [3.63, 3.8) is 0 Å². The fourth-order valence-electron chi connectivity index (χ4n) is 4.27. The molecule has 142 valence electrons. The first-order chi connectivity index (χ1) is 12.6. The molecule has 26 heavy (non-hydrogen) atoms. The molecule has 1 aromatic rings. The molecular formula is C24H34O2. The van der Waals surface area contributed by atoms with Crippen LogP contribution in [0.3, 0.4) is 0 Å². The highest BCUT2D eigenvalue weighted by atomic mass is 16.1. The van der Waals surface area contributed by atoms with E-state index in [1.54, 1.807) is 0 Å². The molecule has 0 saturated heterocycles. The molecule has 1 aliphatic rings. The van der Waals surface area contributed by atoms with E-state index in [1.165, 1.54) is 0 Å². The Morgan fingerprint density at radius 3 is 2.04 bits per heavy atom. The lowest BCUT2D eigenvalue weighted by molar-refractivity contribution is -0.116. The molecule has 2 nitrogen and oxygen atoms in total. The van der Waals surface area contributed by atoms with Crippen LogP contribution in [0.1, 0.15) is 95.3 Å². The van der Waals surface area contributed by atoms with Gasteiger partial charge in [0.05, 0.1) is 0 Å². The first-order valence-electron chi connectivity index (χ1n) is 10.5. The highest BCUT2D eigenvalue weighted by Crippen LogP contribution is 2.50. The Hall–Kier alpha value is -1.70. The lowest BCUT2D eigenvalue weighted by Gasteiger charge is -2.32. The van der Waals surface area contributed by atoms with E-state index in [9.17, 15) is 9.59 Å². The maximum Gasteiger partial charge on any atom is 0.189 e. The first-order valence-corrected chi connectivity index (χ1v) is 10.5. The molecule has 0 atom stereocenters. The molecule has 0 fully saturated rings. The lowest BCUT2D eigenvalue weighted by atomic mass is 9.70. The maximum atomic E-state index is 13.5. The molecule has 0 unspecified atom stereocenters. The Bertz CT molecular complexity index is 631. The van der Waals surface area contributed by atoms with Gasteiger partial charge < -0.3 is 0 Å². The second-order valence-electron chi connectivity index (χ2n) is 7.74. The van der Waals surface area contributed by atoms with Crippen LogP contribution in [0.4, 0.5) is 0 Å². The van der Waals surface area contributed by atoms with E-state index >= 15 is 0 Å². The van der Waals surface area contributed by atoms with E-state index in [0.29, 0.717) is 6.42 Å². The minimum absolute atomic E-state index is 0.0924. The van der Waals surface area contributed by atoms with Gasteiger partial charge in [-0.3, -0.25) is 9.59 Å². The molecule has 0 spiro atoms. The summed E-state index contributed by atoms with van der Waals surface area (Å²) in [5, 5.41) is 0. The minimum Gasteiger partial charge on any atom is -0.295 e. The maximum absolute atomic E-state index is 13.5. The number of hydrogen-bond acceptors (Lipinski definition) is 2. The van der Waals surface area contributed by atoms with Crippen LogP contribution in [0.25, 0.3) is 0 Å². The van der Waals surface area contributed by atoms with Crippen LogP contribution < -0.4 is 0 Å². The summed E-state index contributed by atoms with van der Waals surface area (Å²) in [4.78, 5) is 26.5. The number of carbonyl (C=O) groups excluding carboxylic acids is 2. The van der Waals surface area contributed by atoms with Crippen molar-refractivity contribution in [3.8, 4) is 0 Å². The standard InChI is InChI=1S/C24H34O2/c1-4-7-15-20-21(25)18-24(16-8-5-2,17-9-6-3)22(20)23(26)19-13-11-10-12-14-19/h10-14H,4-9,15-18H2,1-3H3. The van der Waals surface area contributed by atoms with Gasteiger partial charge in [-0.2, -0.15) is 0 Å². The van der Waals surface area contributed by atoms with Gasteiger partial charge in [0.1, 0.15) is 0 Å². The highest BCUT2D eigenvalue weighted by Gasteiger charge is 2.46. The van der Waals surface area contributed by atoms with Crippen LogP contribution in [0.2, 0.25) is 0 Å². The average molecular weight is 355 g/mol. The molecule has 2 heteroatoms. The third kappa shape index (κ3) is 4.52. The fraction of sp³-hybridized carbons (Fsp3) is 0.583. The summed E-state index contributed by atoms with van der Waals surface area (Å²) in [6.07, 6.45) is 9.57. The number of hydrogen-bond donors (Lipinski definition) is 0. The predicted octanol–water partition coefficient (Wildman–Crippen LogP) is 6.70. The second-order valence-corrected chi connectivity index (χ2v) is 7.74. The van der Waals surface area contributed by atoms with E-state index in [2.05, 4.69) is 20.8 Å². The second kappa shape index (κ2) is 9.85. The van der Waals surface area contributed by atoms with E-state index in [0.717, 1.165) is 74.5 Å². The molecule has 2 rings (SSSR count). The summed E-state index contributed by atoms with van der Waals surface area (Å²) in [5.41, 5.74) is 2.19. The summed E-state index contributed by atoms with van der Waals surface area (Å²) in [5.74, 6) is 0.319. The molecule has 0 aliphatic heterocycles. The predicted molar refractivity (Wildman–Crippen MR) is 108 cm³/mol. The van der Waals surface area contributed by atoms with E-state index < -0.39 is 0 Å². The van der Waals surface area contributed by atoms with Gasteiger partial charge >= 0.3 is 0 Å². The summed E-state index contributed by atoms with van der Waals surface area (Å²) >= 11 is 0. The van der Waals surface area contributed by atoms with Crippen LogP contribution in [0, 0.1) is 5.41 Å². The molecule has 1 aromatic carbocycles. The highest BCUT2D eigenvalue weighted by molar-refractivity contribution is 6.17. The van der Waals surface area contributed by atoms with Crippen molar-refractivity contribution >= 4 is 11.6 Å². The normalized spacial score (nSPS) is 16.3. The summed E-state index contributed by atoms with van der Waals surface area (Å²) in [7, 11) is 0. The molecule has 0 bridgehead atoms. The van der Waals surface area contributed by atoms with Crippen LogP contribution in [0.15, 0.2) is 41.5 Å². The van der Waals surface area contributed by atoms with Crippen LogP contribution in [-0.2, 0) is 4.79 Å². The van der Waals surface area contributed by atoms with Crippen molar-refractivity contribution in [2.75, 3.05) is 0 Å². The van der Waals surface area contributed by atoms with Crippen molar-refractivity contribution in [2.45, 2.75) is 85.0 Å². The molecule has 0 radical (unpaired) electrons. The van der Waals surface area contributed by atoms with E-state index in [-0.39, 0.29) is 17.0 Å². The number of rotatable bonds is 11. The van der Waals surface area contributed by atoms with Crippen molar-refractivity contribution in [3.05, 3.63) is 47.0 Å². The molecule has 0 saturated carbocycles. The Labute approximate surface area is 159 Å². The molecule has 0 N–H and O–H groups in total. The number of allylic oxidation sites excluding steroid dienone is 2. The number of ketones is 2. The monoisotopic (exact) mass is 354 g/mol. The molecule has 1 aliphatic carbocycles. The zero-order valence-electron chi connectivity index (χ0n) is 16.8. The quantitative estimate of drug-likeness (QED) is 0.414. The van der Waals surface area contributed by atoms with E-state index in [4.69, 9.17) is 0 Å². The number of unbranched alkanes of at least 4 members (excludes halogenated alkanes) is 3. The van der Waals surface area contributed by atoms with Gasteiger partial charge in [-0.15, -0.1) is 0 Å². The molecule has 0 amide bonds. The molecule has 0 aromatic heterocycles. The largest absolute Gasteiger partial charge is 0.295 e. The Kier molecular flexibility index (Phi) is 7.81. The van der Waals surface area contributed by atoms with Crippen LogP contribution in [0.5, 0.6) is 0 Å². The van der Waals surface area contributed by atoms with E-state index in [1.807, 2.05) is 30.3 Å². The SMILES string of the molecule is CCCCC1=C(C(=O)c2ccccc2)C(CCCC)(CCCC)CC1=O. The molecule has 0 heterocycles. The zero-order chi connectivity index (χ0) is 19.0. The van der Waals surface area contributed by atoms with Crippen molar-refractivity contribution in [1.82, 2.24) is 0 Å². The van der Waals surface area contributed by atoms with Gasteiger partial charge in [0.15, 0.2) is 11.6 Å². The summed E-state index contributed by atoms with van der Waals surface area (Å²) in [6, 6.07) is 9.54. The number of benzene rings is 1. The smallest absolute Gasteiger partial charge is 0.189 e. The van der Waals surface area contributed by atoms with Gasteiger partial charge in [0.2, 0.25) is 0 Å². The van der Waals surface area contributed by atoms with Crippen LogP contribution in [-0.4, -0.2) is 11.6 Å². The third-order valence-corrected chi connectivity index (χ3v) is 5.73.